The molecule has 2 aromatic carbocycles. The molecule has 2 aromatic rings. The van der Waals surface area contributed by atoms with Gasteiger partial charge in [0.15, 0.2) is 0 Å². The highest BCUT2D eigenvalue weighted by Gasteiger charge is 2.16. The van der Waals surface area contributed by atoms with Gasteiger partial charge in [0.05, 0.1) is 0 Å². The van der Waals surface area contributed by atoms with Crippen LogP contribution in [0.2, 0.25) is 0 Å². The Morgan fingerprint density at radius 2 is 1.46 bits per heavy atom. The summed E-state index contributed by atoms with van der Waals surface area (Å²) in [6, 6.07) is 18.9. The maximum atomic E-state index is 6.41. The van der Waals surface area contributed by atoms with Crippen LogP contribution < -0.4 is 4.74 Å². The van der Waals surface area contributed by atoms with Gasteiger partial charge in [0.1, 0.15) is 11.9 Å². The fourth-order valence-electron chi connectivity index (χ4n) is 3.07. The Morgan fingerprint density at radius 3 is 2.08 bits per heavy atom. The highest BCUT2D eigenvalue weighted by atomic mass is 16.5. The highest BCUT2D eigenvalue weighted by Crippen LogP contribution is 2.27. The summed E-state index contributed by atoms with van der Waals surface area (Å²) in [5, 5.41) is 0. The second-order valence-corrected chi connectivity index (χ2v) is 6.41. The van der Waals surface area contributed by atoms with Crippen molar-refractivity contribution >= 4 is 0 Å². The topological polar surface area (TPSA) is 12.5 Å². The van der Waals surface area contributed by atoms with Gasteiger partial charge in [-0.2, -0.15) is 0 Å². The molecule has 0 saturated carbocycles. The fourth-order valence-corrected chi connectivity index (χ4v) is 3.07. The van der Waals surface area contributed by atoms with E-state index in [0.717, 1.165) is 18.7 Å². The van der Waals surface area contributed by atoms with Gasteiger partial charge in [-0.3, -0.25) is 0 Å². The molecule has 130 valence electrons. The van der Waals surface area contributed by atoms with E-state index in [1.165, 1.54) is 37.1 Å². The monoisotopic (exact) mass is 325 g/mol. The van der Waals surface area contributed by atoms with E-state index in [9.17, 15) is 0 Å². The van der Waals surface area contributed by atoms with Crippen LogP contribution in [0.3, 0.4) is 0 Å². The molecule has 0 spiro atoms. The molecule has 0 aliphatic carbocycles. The molecule has 24 heavy (non-hydrogen) atoms. The molecule has 0 aromatic heterocycles. The Kier molecular flexibility index (Phi) is 7.84. The van der Waals surface area contributed by atoms with E-state index in [-0.39, 0.29) is 6.10 Å². The third-order valence-corrected chi connectivity index (χ3v) is 4.32. The number of hydrogen-bond donors (Lipinski definition) is 0. The van der Waals surface area contributed by atoms with Crippen molar-refractivity contribution in [3.05, 3.63) is 65.7 Å². The Labute approximate surface area is 147 Å². The van der Waals surface area contributed by atoms with Crippen LogP contribution >= 0.6 is 0 Å². The molecule has 2 heteroatoms. The number of nitrogens with zero attached hydrogens (tertiary/aromatic N) is 1. The van der Waals surface area contributed by atoms with Crippen LogP contribution in [0.5, 0.6) is 5.75 Å². The molecule has 1 atom stereocenters. The molecule has 0 heterocycles. The van der Waals surface area contributed by atoms with Crippen LogP contribution in [0.25, 0.3) is 0 Å². The van der Waals surface area contributed by atoms with E-state index in [4.69, 9.17) is 4.74 Å². The largest absolute Gasteiger partial charge is 0.485 e. The predicted octanol–water partition coefficient (Wildman–Crippen LogP) is 5.63. The van der Waals surface area contributed by atoms with E-state index in [1.807, 2.05) is 6.07 Å². The van der Waals surface area contributed by atoms with Gasteiger partial charge in [0, 0.05) is 13.0 Å². The number of ether oxygens (including phenoxy) is 1. The first-order chi connectivity index (χ1) is 11.7. The van der Waals surface area contributed by atoms with Gasteiger partial charge in [0.25, 0.3) is 0 Å². The summed E-state index contributed by atoms with van der Waals surface area (Å²) in [6.45, 7) is 10.0. The van der Waals surface area contributed by atoms with E-state index in [0.29, 0.717) is 0 Å². The Balaban J connectivity index is 2.10. The third-order valence-electron chi connectivity index (χ3n) is 4.32. The van der Waals surface area contributed by atoms with Crippen molar-refractivity contribution in [2.24, 2.45) is 0 Å². The van der Waals surface area contributed by atoms with Gasteiger partial charge < -0.3 is 9.64 Å². The summed E-state index contributed by atoms with van der Waals surface area (Å²) in [5.41, 5.74) is 2.45. The van der Waals surface area contributed by atoms with Crippen molar-refractivity contribution in [3.8, 4) is 5.75 Å². The first-order valence-corrected chi connectivity index (χ1v) is 9.24. The maximum absolute atomic E-state index is 6.41. The lowest BCUT2D eigenvalue weighted by Crippen LogP contribution is -2.28. The van der Waals surface area contributed by atoms with Gasteiger partial charge in [0.2, 0.25) is 0 Å². The van der Waals surface area contributed by atoms with Crippen LogP contribution in [-0.4, -0.2) is 24.5 Å². The first-order valence-electron chi connectivity index (χ1n) is 9.24. The molecule has 0 N–H and O–H groups in total. The summed E-state index contributed by atoms with van der Waals surface area (Å²) in [6.07, 6.45) is 3.52. The molecule has 0 amide bonds. The van der Waals surface area contributed by atoms with Crippen LogP contribution in [0.4, 0.5) is 0 Å². The minimum atomic E-state index is 0.100. The summed E-state index contributed by atoms with van der Waals surface area (Å²) < 4.78 is 6.41. The lowest BCUT2D eigenvalue weighted by Gasteiger charge is -2.26. The average Bonchev–Trinajstić information content (AvgIpc) is 2.61. The summed E-state index contributed by atoms with van der Waals surface area (Å²) in [5.74, 6) is 0.990. The number of aryl methyl sites for hydroxylation is 1. The lowest BCUT2D eigenvalue weighted by atomic mass is 10.1. The molecule has 0 aliphatic rings. The average molecular weight is 325 g/mol. The zero-order valence-electron chi connectivity index (χ0n) is 15.4. The second-order valence-electron chi connectivity index (χ2n) is 6.41. The smallest absolute Gasteiger partial charge is 0.125 e. The standard InChI is InChI=1S/C22H31NO/c1-4-16-23(17-5-2)18-15-22(20-12-7-6-8-13-20)24-21-14-10-9-11-19(21)3/h6-14,22H,4-5,15-18H2,1-3H3. The van der Waals surface area contributed by atoms with Crippen molar-refractivity contribution in [1.29, 1.82) is 0 Å². The van der Waals surface area contributed by atoms with Crippen LogP contribution in [0.15, 0.2) is 54.6 Å². The zero-order chi connectivity index (χ0) is 17.2. The van der Waals surface area contributed by atoms with Crippen molar-refractivity contribution in [1.82, 2.24) is 4.90 Å². The van der Waals surface area contributed by atoms with Crippen LogP contribution in [-0.2, 0) is 0 Å². The minimum absolute atomic E-state index is 0.100. The van der Waals surface area contributed by atoms with E-state index < -0.39 is 0 Å². The van der Waals surface area contributed by atoms with E-state index in [2.05, 4.69) is 74.2 Å². The minimum Gasteiger partial charge on any atom is -0.485 e. The lowest BCUT2D eigenvalue weighted by molar-refractivity contribution is 0.162. The van der Waals surface area contributed by atoms with Crippen molar-refractivity contribution < 1.29 is 4.74 Å². The summed E-state index contributed by atoms with van der Waals surface area (Å²) in [4.78, 5) is 2.55. The normalized spacial score (nSPS) is 12.3. The Morgan fingerprint density at radius 1 is 0.833 bits per heavy atom. The molecule has 2 nitrogen and oxygen atoms in total. The molecule has 2 rings (SSSR count). The maximum Gasteiger partial charge on any atom is 0.125 e. The number of rotatable bonds is 10. The highest BCUT2D eigenvalue weighted by molar-refractivity contribution is 5.33. The molecule has 0 radical (unpaired) electrons. The van der Waals surface area contributed by atoms with Gasteiger partial charge in [-0.15, -0.1) is 0 Å². The third kappa shape index (κ3) is 5.68. The first kappa shape index (κ1) is 18.5. The number of hydrogen-bond acceptors (Lipinski definition) is 2. The predicted molar refractivity (Wildman–Crippen MR) is 103 cm³/mol. The van der Waals surface area contributed by atoms with Crippen LogP contribution in [0, 0.1) is 6.92 Å². The van der Waals surface area contributed by atoms with Gasteiger partial charge in [-0.25, -0.2) is 0 Å². The van der Waals surface area contributed by atoms with Gasteiger partial charge in [-0.1, -0.05) is 62.4 Å². The molecule has 0 aliphatic heterocycles. The molecule has 0 bridgehead atoms. The second kappa shape index (κ2) is 10.1. The fraction of sp³-hybridized carbons (Fsp3) is 0.455. The van der Waals surface area contributed by atoms with Crippen LogP contribution in [0.1, 0.15) is 50.3 Å². The Bertz CT molecular complexity index is 576. The molecule has 0 saturated heterocycles. The molecular weight excluding hydrogens is 294 g/mol. The van der Waals surface area contributed by atoms with Crippen molar-refractivity contribution in [2.75, 3.05) is 19.6 Å². The van der Waals surface area contributed by atoms with E-state index >= 15 is 0 Å². The molecule has 1 unspecified atom stereocenters. The van der Waals surface area contributed by atoms with Gasteiger partial charge in [-0.05, 0) is 50.0 Å². The number of benzene rings is 2. The SMILES string of the molecule is CCCN(CCC)CCC(Oc1ccccc1C)c1ccccc1. The summed E-state index contributed by atoms with van der Waals surface area (Å²) >= 11 is 0. The quantitative estimate of drug-likeness (QED) is 0.561. The van der Waals surface area contributed by atoms with Crippen molar-refractivity contribution in [3.63, 3.8) is 0 Å². The summed E-state index contributed by atoms with van der Waals surface area (Å²) in [7, 11) is 0. The number of para-hydroxylation sites is 1. The van der Waals surface area contributed by atoms with Gasteiger partial charge >= 0.3 is 0 Å². The van der Waals surface area contributed by atoms with E-state index in [1.54, 1.807) is 0 Å². The molecular formula is C22H31NO. The van der Waals surface area contributed by atoms with Crippen molar-refractivity contribution in [2.45, 2.75) is 46.1 Å². The molecule has 0 fully saturated rings. The Hall–Kier alpha value is -1.80. The zero-order valence-corrected chi connectivity index (χ0v) is 15.4.